The largest absolute Gasteiger partial charge is 0.354 e. The lowest BCUT2D eigenvalue weighted by Crippen LogP contribution is -2.10. The first kappa shape index (κ1) is 37.8. The topological polar surface area (TPSA) is 37.3 Å². The predicted molar refractivity (Wildman–Crippen MR) is 278 cm³/mol. The maximum Gasteiger partial charge on any atom is 0.0542 e. The van der Waals surface area contributed by atoms with E-state index in [0.29, 0.717) is 0 Å². The molecule has 308 valence electrons. The van der Waals surface area contributed by atoms with E-state index in [1.165, 1.54) is 58.5 Å². The van der Waals surface area contributed by atoms with Gasteiger partial charge in [0.1, 0.15) is 0 Å². The molecule has 0 spiro atoms. The normalized spacial score (nSPS) is 12.5. The van der Waals surface area contributed by atoms with Crippen molar-refractivity contribution < 1.29 is 4.21 Å². The number of anilines is 5. The number of para-hydroxylation sites is 2. The molecule has 1 N–H and O–H groups in total. The SMILES string of the molecule is CS(=O)c1ccccc1-c1cc2c3c(cccc3c1)-c1ccc(-c3cccc(N(c4ccc5c(c4)sc4ccccc45)c4ccc5c(c4)c4ccccc4n5-c4ccccc4)c3)cc1N2. The van der Waals surface area contributed by atoms with Gasteiger partial charge in [-0.1, -0.05) is 121 Å². The molecular formula is C59H39N3OS2. The van der Waals surface area contributed by atoms with Gasteiger partial charge in [-0.15, -0.1) is 11.3 Å². The van der Waals surface area contributed by atoms with Crippen molar-refractivity contribution in [2.45, 2.75) is 4.90 Å². The third kappa shape index (κ3) is 6.13. The van der Waals surface area contributed by atoms with Crippen LogP contribution >= 0.6 is 11.3 Å². The molecule has 1 atom stereocenters. The molecule has 0 bridgehead atoms. The summed E-state index contributed by atoms with van der Waals surface area (Å²) in [5.74, 6) is 0. The highest BCUT2D eigenvalue weighted by atomic mass is 32.2. The Morgan fingerprint density at radius 1 is 0.462 bits per heavy atom. The van der Waals surface area contributed by atoms with Crippen molar-refractivity contribution in [3.05, 3.63) is 212 Å². The van der Waals surface area contributed by atoms with Gasteiger partial charge in [0.25, 0.3) is 0 Å². The maximum absolute atomic E-state index is 12.8. The van der Waals surface area contributed by atoms with E-state index in [4.69, 9.17) is 0 Å². The summed E-state index contributed by atoms with van der Waals surface area (Å²) in [6.07, 6.45) is 1.75. The summed E-state index contributed by atoms with van der Waals surface area (Å²) < 4.78 is 17.7. The molecule has 0 radical (unpaired) electrons. The van der Waals surface area contributed by atoms with E-state index in [9.17, 15) is 4.21 Å². The number of benzene rings is 10. The van der Waals surface area contributed by atoms with Crippen LogP contribution in [-0.2, 0) is 10.8 Å². The van der Waals surface area contributed by atoms with Crippen molar-refractivity contribution in [1.82, 2.24) is 4.57 Å². The summed E-state index contributed by atoms with van der Waals surface area (Å²) in [4.78, 5) is 3.25. The van der Waals surface area contributed by atoms with E-state index in [1.54, 1.807) is 6.26 Å². The van der Waals surface area contributed by atoms with Crippen molar-refractivity contribution in [2.24, 2.45) is 0 Å². The molecule has 0 saturated heterocycles. The summed E-state index contributed by atoms with van der Waals surface area (Å²) in [6.45, 7) is 0. The van der Waals surface area contributed by atoms with E-state index < -0.39 is 10.8 Å². The first-order valence-corrected chi connectivity index (χ1v) is 24.2. The Balaban J connectivity index is 0.951. The highest BCUT2D eigenvalue weighted by Crippen LogP contribution is 2.48. The number of aromatic nitrogens is 1. The third-order valence-corrected chi connectivity index (χ3v) is 15.2. The van der Waals surface area contributed by atoms with Gasteiger partial charge in [-0.2, -0.15) is 0 Å². The number of hydrogen-bond acceptors (Lipinski definition) is 4. The molecule has 10 aromatic carbocycles. The van der Waals surface area contributed by atoms with Crippen molar-refractivity contribution >= 4 is 103 Å². The average molecular weight is 870 g/mol. The predicted octanol–water partition coefficient (Wildman–Crippen LogP) is 16.6. The monoisotopic (exact) mass is 869 g/mol. The highest BCUT2D eigenvalue weighted by molar-refractivity contribution is 7.84. The molecule has 0 fully saturated rings. The minimum atomic E-state index is -1.12. The molecule has 13 rings (SSSR count). The fourth-order valence-electron chi connectivity index (χ4n) is 10.2. The molecule has 0 saturated carbocycles. The van der Waals surface area contributed by atoms with Gasteiger partial charge in [-0.3, -0.25) is 4.21 Å². The van der Waals surface area contributed by atoms with Gasteiger partial charge in [0.2, 0.25) is 0 Å². The van der Waals surface area contributed by atoms with Crippen LogP contribution in [0.15, 0.2) is 217 Å². The molecule has 1 aliphatic heterocycles. The fourth-order valence-corrected chi connectivity index (χ4v) is 12.1. The Labute approximate surface area is 382 Å². The van der Waals surface area contributed by atoms with Crippen LogP contribution in [-0.4, -0.2) is 15.0 Å². The lowest BCUT2D eigenvalue weighted by atomic mass is 9.89. The van der Waals surface area contributed by atoms with Crippen molar-refractivity contribution in [3.63, 3.8) is 0 Å². The van der Waals surface area contributed by atoms with Crippen LogP contribution in [0.3, 0.4) is 0 Å². The lowest BCUT2D eigenvalue weighted by molar-refractivity contribution is 0.687. The van der Waals surface area contributed by atoms with Crippen LogP contribution in [0.25, 0.3) is 91.8 Å². The molecule has 1 unspecified atom stereocenters. The fraction of sp³-hybridized carbons (Fsp3) is 0.0169. The zero-order valence-electron chi connectivity index (χ0n) is 35.3. The van der Waals surface area contributed by atoms with Gasteiger partial charge in [0.15, 0.2) is 0 Å². The zero-order valence-corrected chi connectivity index (χ0v) is 37.0. The number of hydrogen-bond donors (Lipinski definition) is 1. The maximum atomic E-state index is 12.8. The van der Waals surface area contributed by atoms with Gasteiger partial charge in [-0.25, -0.2) is 0 Å². The number of nitrogens with one attached hydrogen (secondary N) is 1. The van der Waals surface area contributed by atoms with Gasteiger partial charge >= 0.3 is 0 Å². The molecule has 1 aliphatic rings. The first-order valence-electron chi connectivity index (χ1n) is 21.9. The van der Waals surface area contributed by atoms with E-state index >= 15 is 0 Å². The average Bonchev–Trinajstić information content (AvgIpc) is 3.89. The Morgan fingerprint density at radius 3 is 2.06 bits per heavy atom. The summed E-state index contributed by atoms with van der Waals surface area (Å²) >= 11 is 1.85. The number of nitrogens with zero attached hydrogens (tertiary/aromatic N) is 2. The molecular weight excluding hydrogens is 831 g/mol. The Morgan fingerprint density at radius 2 is 1.15 bits per heavy atom. The van der Waals surface area contributed by atoms with Crippen molar-refractivity contribution in [1.29, 1.82) is 0 Å². The summed E-state index contributed by atoms with van der Waals surface area (Å²) in [6, 6.07) is 76.7. The second-order valence-electron chi connectivity index (χ2n) is 16.8. The van der Waals surface area contributed by atoms with E-state index in [0.717, 1.165) is 66.7 Å². The van der Waals surface area contributed by atoms with E-state index in [1.807, 2.05) is 29.5 Å². The Kier molecular flexibility index (Phi) is 8.66. The van der Waals surface area contributed by atoms with E-state index in [2.05, 4.69) is 209 Å². The van der Waals surface area contributed by atoms with Crippen molar-refractivity contribution in [3.8, 4) is 39.1 Å². The number of thiophene rings is 1. The van der Waals surface area contributed by atoms with Crippen LogP contribution in [0.5, 0.6) is 0 Å². The zero-order chi connectivity index (χ0) is 43.2. The van der Waals surface area contributed by atoms with Crippen LogP contribution in [0.4, 0.5) is 28.4 Å². The quantitative estimate of drug-likeness (QED) is 0.173. The molecule has 0 amide bonds. The molecule has 3 heterocycles. The van der Waals surface area contributed by atoms with E-state index in [-0.39, 0.29) is 0 Å². The second-order valence-corrected chi connectivity index (χ2v) is 19.2. The molecule has 6 heteroatoms. The van der Waals surface area contributed by atoms with Crippen LogP contribution in [0.1, 0.15) is 0 Å². The molecule has 12 aromatic rings. The van der Waals surface area contributed by atoms with Gasteiger partial charge in [-0.05, 0) is 124 Å². The summed E-state index contributed by atoms with van der Waals surface area (Å²) in [7, 11) is -1.12. The van der Waals surface area contributed by atoms with Crippen LogP contribution in [0, 0.1) is 0 Å². The highest BCUT2D eigenvalue weighted by Gasteiger charge is 2.23. The smallest absolute Gasteiger partial charge is 0.0542 e. The molecule has 0 aliphatic carbocycles. The number of rotatable bonds is 7. The van der Waals surface area contributed by atoms with Gasteiger partial charge < -0.3 is 14.8 Å². The summed E-state index contributed by atoms with van der Waals surface area (Å²) in [5.41, 5.74) is 15.5. The third-order valence-electron chi connectivity index (χ3n) is 13.1. The molecule has 2 aromatic heterocycles. The Hall–Kier alpha value is -7.77. The Bertz CT molecular complexity index is 3920. The molecule has 65 heavy (non-hydrogen) atoms. The van der Waals surface area contributed by atoms with Gasteiger partial charge in [0.05, 0.1) is 21.8 Å². The van der Waals surface area contributed by atoms with Crippen LogP contribution < -0.4 is 10.2 Å². The number of fused-ring (bicyclic) bond motifs is 8. The minimum Gasteiger partial charge on any atom is -0.354 e. The first-order chi connectivity index (χ1) is 32.0. The standard InChI is InChI=1S/C59H39N3OS2/c1-65(63)58-24-10-7-18-45(58)40-31-39-14-12-21-50-46-28-25-38(33-52(46)60-53(34-40)59(39)50)37-13-11-17-42(32-37)61(44-26-29-49-48-20-6-9-23-56(48)64-57(49)36-44)43-27-30-55-51(35-43)47-19-5-8-22-54(47)62(55)41-15-3-2-4-16-41/h2-36,60H,1H3. The van der Waals surface area contributed by atoms with Crippen LogP contribution in [0.2, 0.25) is 0 Å². The minimum absolute atomic E-state index is 0.838. The van der Waals surface area contributed by atoms with Crippen molar-refractivity contribution in [2.75, 3.05) is 16.5 Å². The summed E-state index contributed by atoms with van der Waals surface area (Å²) in [5, 5.41) is 11.2. The second kappa shape index (κ2) is 14.9. The van der Waals surface area contributed by atoms with Gasteiger partial charge in [0, 0.05) is 87.2 Å². The molecule has 4 nitrogen and oxygen atoms in total. The lowest BCUT2D eigenvalue weighted by Gasteiger charge is -2.27.